The fourth-order valence-electron chi connectivity index (χ4n) is 3.25. The van der Waals surface area contributed by atoms with E-state index < -0.39 is 5.60 Å². The zero-order valence-corrected chi connectivity index (χ0v) is 15.2. The van der Waals surface area contributed by atoms with Crippen LogP contribution in [0.1, 0.15) is 51.2 Å². The highest BCUT2D eigenvalue weighted by Crippen LogP contribution is 2.37. The van der Waals surface area contributed by atoms with E-state index in [0.29, 0.717) is 18.1 Å². The Balaban J connectivity index is 2.12. The molecule has 0 saturated carbocycles. The summed E-state index contributed by atoms with van der Waals surface area (Å²) >= 11 is 5.91. The molecule has 1 fully saturated rings. The Kier molecular flexibility index (Phi) is 5.24. The summed E-state index contributed by atoms with van der Waals surface area (Å²) in [6.07, 6.45) is 0.427. The number of hydrogen-bond acceptors (Lipinski definition) is 2. The van der Waals surface area contributed by atoms with Gasteiger partial charge in [-0.2, -0.15) is 0 Å². The number of carbonyl (C=O) groups excluding carboxylic acids is 1. The number of nitrogens with zero attached hydrogens (tertiary/aromatic N) is 1. The topological polar surface area (TPSA) is 29.5 Å². The van der Waals surface area contributed by atoms with Gasteiger partial charge in [0.15, 0.2) is 0 Å². The molecule has 1 aliphatic rings. The second-order valence-corrected chi connectivity index (χ2v) is 7.85. The molecule has 0 aliphatic carbocycles. The van der Waals surface area contributed by atoms with E-state index in [1.807, 2.05) is 27.7 Å². The zero-order valence-electron chi connectivity index (χ0n) is 14.5. The Hall–Kier alpha value is -1.29. The average molecular weight is 342 g/mol. The lowest BCUT2D eigenvalue weighted by Gasteiger charge is -2.38. The van der Waals surface area contributed by atoms with Crippen LogP contribution in [-0.2, 0) is 4.74 Å². The molecule has 128 valence electrons. The summed E-state index contributed by atoms with van der Waals surface area (Å²) in [6, 6.07) is 3.17. The summed E-state index contributed by atoms with van der Waals surface area (Å²) in [6.45, 7) is 10.6. The number of amides is 1. The quantitative estimate of drug-likeness (QED) is 0.707. The molecule has 0 aromatic heterocycles. The van der Waals surface area contributed by atoms with Gasteiger partial charge in [-0.15, -0.1) is 0 Å². The van der Waals surface area contributed by atoms with Crippen LogP contribution in [0.4, 0.5) is 9.18 Å². The molecule has 1 saturated heterocycles. The van der Waals surface area contributed by atoms with E-state index in [1.54, 1.807) is 11.0 Å². The highest BCUT2D eigenvalue weighted by atomic mass is 35.5. The van der Waals surface area contributed by atoms with E-state index in [9.17, 15) is 9.18 Å². The third kappa shape index (κ3) is 4.37. The second kappa shape index (κ2) is 6.68. The zero-order chi connectivity index (χ0) is 17.4. The molecular formula is C18H25ClFNO2. The van der Waals surface area contributed by atoms with Crippen LogP contribution in [0.15, 0.2) is 12.1 Å². The van der Waals surface area contributed by atoms with Gasteiger partial charge in [-0.05, 0) is 69.2 Å². The Bertz CT molecular complexity index is 574. The van der Waals surface area contributed by atoms with Crippen molar-refractivity contribution in [2.75, 3.05) is 13.1 Å². The van der Waals surface area contributed by atoms with Gasteiger partial charge in [0.2, 0.25) is 0 Å². The van der Waals surface area contributed by atoms with Crippen molar-refractivity contribution in [3.05, 3.63) is 34.1 Å². The first-order valence-electron chi connectivity index (χ1n) is 8.02. The summed E-state index contributed by atoms with van der Waals surface area (Å²) in [7, 11) is 0. The number of rotatable bonds is 1. The molecule has 1 aliphatic heterocycles. The van der Waals surface area contributed by atoms with Crippen molar-refractivity contribution in [3.63, 3.8) is 0 Å². The van der Waals surface area contributed by atoms with Crippen molar-refractivity contribution in [3.8, 4) is 0 Å². The summed E-state index contributed by atoms with van der Waals surface area (Å²) < 4.78 is 19.8. The maximum Gasteiger partial charge on any atom is 0.410 e. The molecule has 2 atom stereocenters. The van der Waals surface area contributed by atoms with Crippen molar-refractivity contribution >= 4 is 17.7 Å². The molecule has 23 heavy (non-hydrogen) atoms. The molecule has 1 amide bonds. The molecule has 1 heterocycles. The van der Waals surface area contributed by atoms with Crippen LogP contribution < -0.4 is 0 Å². The van der Waals surface area contributed by atoms with Crippen LogP contribution in [-0.4, -0.2) is 29.7 Å². The summed E-state index contributed by atoms with van der Waals surface area (Å²) in [5.74, 6) is -0.00540. The standard InChI is InChI=1S/C18H25ClFNO2/c1-11-8-13(19)9-15(20)16(11)14-6-7-21(10-12(14)2)17(22)23-18(3,4)5/h8-9,12,14H,6-7,10H2,1-5H3/t12-,14?/m1/s1. The Morgan fingerprint density at radius 3 is 2.57 bits per heavy atom. The monoisotopic (exact) mass is 341 g/mol. The van der Waals surface area contributed by atoms with Crippen LogP contribution >= 0.6 is 11.6 Å². The van der Waals surface area contributed by atoms with E-state index in [2.05, 4.69) is 6.92 Å². The Morgan fingerprint density at radius 1 is 1.39 bits per heavy atom. The highest BCUT2D eigenvalue weighted by Gasteiger charge is 2.33. The van der Waals surface area contributed by atoms with Crippen LogP contribution in [0.3, 0.4) is 0 Å². The highest BCUT2D eigenvalue weighted by molar-refractivity contribution is 6.30. The smallest absolute Gasteiger partial charge is 0.410 e. The Labute approximate surface area is 142 Å². The van der Waals surface area contributed by atoms with Gasteiger partial charge < -0.3 is 9.64 Å². The number of carbonyl (C=O) groups is 1. The van der Waals surface area contributed by atoms with Crippen LogP contribution in [0.25, 0.3) is 0 Å². The molecular weight excluding hydrogens is 317 g/mol. The number of piperidine rings is 1. The molecule has 1 unspecified atom stereocenters. The third-order valence-corrected chi connectivity index (χ3v) is 4.45. The lowest BCUT2D eigenvalue weighted by atomic mass is 9.79. The minimum absolute atomic E-state index is 0.0888. The normalized spacial score (nSPS) is 22.1. The van der Waals surface area contributed by atoms with Crippen LogP contribution in [0, 0.1) is 18.7 Å². The van der Waals surface area contributed by atoms with Gasteiger partial charge in [-0.3, -0.25) is 0 Å². The molecule has 0 spiro atoms. The number of benzene rings is 1. The minimum atomic E-state index is -0.504. The molecule has 0 bridgehead atoms. The van der Waals surface area contributed by atoms with Crippen molar-refractivity contribution < 1.29 is 13.9 Å². The number of aryl methyl sites for hydroxylation is 1. The average Bonchev–Trinajstić information content (AvgIpc) is 2.37. The molecule has 2 rings (SSSR count). The molecule has 1 aromatic carbocycles. The Morgan fingerprint density at radius 2 is 2.04 bits per heavy atom. The first-order chi connectivity index (χ1) is 10.6. The van der Waals surface area contributed by atoms with Gasteiger partial charge in [0, 0.05) is 18.1 Å². The second-order valence-electron chi connectivity index (χ2n) is 7.42. The molecule has 1 aromatic rings. The van der Waals surface area contributed by atoms with Crippen LogP contribution in [0.5, 0.6) is 0 Å². The van der Waals surface area contributed by atoms with Gasteiger partial charge in [0.25, 0.3) is 0 Å². The molecule has 0 radical (unpaired) electrons. The first kappa shape index (κ1) is 18.1. The van der Waals surface area contributed by atoms with Crippen molar-refractivity contribution in [2.45, 2.75) is 52.6 Å². The van der Waals surface area contributed by atoms with Gasteiger partial charge >= 0.3 is 6.09 Å². The lowest BCUT2D eigenvalue weighted by molar-refractivity contribution is 0.0154. The summed E-state index contributed by atoms with van der Waals surface area (Å²) in [5.41, 5.74) is 1.10. The number of ether oxygens (including phenoxy) is 1. The van der Waals surface area contributed by atoms with E-state index in [0.717, 1.165) is 17.5 Å². The van der Waals surface area contributed by atoms with Gasteiger partial charge in [0.1, 0.15) is 11.4 Å². The SMILES string of the molecule is Cc1cc(Cl)cc(F)c1C1CCN(C(=O)OC(C)(C)C)C[C@H]1C. The minimum Gasteiger partial charge on any atom is -0.444 e. The number of likely N-dealkylation sites (tertiary alicyclic amines) is 1. The summed E-state index contributed by atoms with van der Waals surface area (Å²) in [5, 5.41) is 0.419. The largest absolute Gasteiger partial charge is 0.444 e. The molecule has 0 N–H and O–H groups in total. The fraction of sp³-hybridized carbons (Fsp3) is 0.611. The van der Waals surface area contributed by atoms with E-state index >= 15 is 0 Å². The van der Waals surface area contributed by atoms with E-state index in [1.165, 1.54) is 6.07 Å². The van der Waals surface area contributed by atoms with Crippen molar-refractivity contribution in [1.82, 2.24) is 4.90 Å². The van der Waals surface area contributed by atoms with Crippen molar-refractivity contribution in [1.29, 1.82) is 0 Å². The fourth-order valence-corrected chi connectivity index (χ4v) is 3.51. The van der Waals surface area contributed by atoms with E-state index in [4.69, 9.17) is 16.3 Å². The van der Waals surface area contributed by atoms with Crippen LogP contribution in [0.2, 0.25) is 5.02 Å². The number of hydrogen-bond donors (Lipinski definition) is 0. The lowest BCUT2D eigenvalue weighted by Crippen LogP contribution is -2.44. The predicted molar refractivity (Wildman–Crippen MR) is 90.5 cm³/mol. The van der Waals surface area contributed by atoms with Gasteiger partial charge in [-0.1, -0.05) is 18.5 Å². The molecule has 3 nitrogen and oxygen atoms in total. The summed E-state index contributed by atoms with van der Waals surface area (Å²) in [4.78, 5) is 13.9. The maximum absolute atomic E-state index is 14.4. The predicted octanol–water partition coefficient (Wildman–Crippen LogP) is 5.15. The maximum atomic E-state index is 14.4. The third-order valence-electron chi connectivity index (χ3n) is 4.23. The molecule has 5 heteroatoms. The van der Waals surface area contributed by atoms with E-state index in [-0.39, 0.29) is 23.7 Å². The van der Waals surface area contributed by atoms with Gasteiger partial charge in [-0.25, -0.2) is 9.18 Å². The first-order valence-corrected chi connectivity index (χ1v) is 8.39. The number of halogens is 2. The van der Waals surface area contributed by atoms with Crippen molar-refractivity contribution in [2.24, 2.45) is 5.92 Å². The van der Waals surface area contributed by atoms with Gasteiger partial charge in [0.05, 0.1) is 0 Å².